The molecule has 90 valence electrons. The molecule has 0 bridgehead atoms. The third-order valence-electron chi connectivity index (χ3n) is 2.55. The van der Waals surface area contributed by atoms with Crippen molar-refractivity contribution >= 4 is 5.69 Å². The van der Waals surface area contributed by atoms with E-state index >= 15 is 0 Å². The number of benzene rings is 1. The van der Waals surface area contributed by atoms with Crippen LogP contribution < -0.4 is 10.6 Å². The first kappa shape index (κ1) is 12.9. The smallest absolute Gasteiger partial charge is 0.149 e. The minimum absolute atomic E-state index is 0.00572. The van der Waals surface area contributed by atoms with Crippen LogP contribution in [0, 0.1) is 11.6 Å². The maximum absolute atomic E-state index is 13.6. The molecule has 16 heavy (non-hydrogen) atoms. The van der Waals surface area contributed by atoms with E-state index in [1.54, 1.807) is 14.1 Å². The highest BCUT2D eigenvalue weighted by Gasteiger charge is 2.13. The predicted octanol–water partition coefficient (Wildman–Crippen LogP) is 2.31. The van der Waals surface area contributed by atoms with Gasteiger partial charge in [0.05, 0.1) is 0 Å². The largest absolute Gasteiger partial charge is 0.373 e. The monoisotopic (exact) mass is 228 g/mol. The van der Waals surface area contributed by atoms with Crippen molar-refractivity contribution in [1.29, 1.82) is 0 Å². The van der Waals surface area contributed by atoms with Crippen LogP contribution in [0.15, 0.2) is 12.1 Å². The molecule has 0 spiro atoms. The Balaban J connectivity index is 3.00. The average Bonchev–Trinajstić information content (AvgIpc) is 2.15. The summed E-state index contributed by atoms with van der Waals surface area (Å²) in [5.41, 5.74) is 6.35. The molecule has 0 heterocycles. The van der Waals surface area contributed by atoms with Crippen LogP contribution in [0.5, 0.6) is 0 Å². The fourth-order valence-corrected chi connectivity index (χ4v) is 1.61. The second-order valence-electron chi connectivity index (χ2n) is 4.17. The number of hydrogen-bond acceptors (Lipinski definition) is 2. The number of nitrogens with two attached hydrogens (primary N) is 1. The first-order chi connectivity index (χ1) is 7.45. The summed E-state index contributed by atoms with van der Waals surface area (Å²) in [7, 11) is 3.22. The van der Waals surface area contributed by atoms with E-state index in [0.717, 1.165) is 6.42 Å². The summed E-state index contributed by atoms with van der Waals surface area (Å²) in [4.78, 5) is 1.42. The van der Waals surface area contributed by atoms with Gasteiger partial charge in [0.15, 0.2) is 0 Å². The number of halogens is 2. The minimum atomic E-state index is -0.539. The van der Waals surface area contributed by atoms with Crippen LogP contribution in [0.3, 0.4) is 0 Å². The van der Waals surface area contributed by atoms with Gasteiger partial charge in [0.1, 0.15) is 17.3 Å². The van der Waals surface area contributed by atoms with Crippen molar-refractivity contribution in [1.82, 2.24) is 0 Å². The summed E-state index contributed by atoms with van der Waals surface area (Å²) in [6.07, 6.45) is 1.29. The second kappa shape index (κ2) is 5.25. The first-order valence-corrected chi connectivity index (χ1v) is 5.36. The molecule has 0 fully saturated rings. The molecule has 2 nitrogen and oxygen atoms in total. The normalized spacial score (nSPS) is 12.6. The van der Waals surface area contributed by atoms with E-state index in [9.17, 15) is 8.78 Å². The zero-order chi connectivity index (χ0) is 12.3. The van der Waals surface area contributed by atoms with Gasteiger partial charge in [0, 0.05) is 20.1 Å². The Labute approximate surface area is 95.1 Å². The van der Waals surface area contributed by atoms with Gasteiger partial charge in [0.25, 0.3) is 0 Å². The fourth-order valence-electron chi connectivity index (χ4n) is 1.61. The van der Waals surface area contributed by atoms with E-state index in [2.05, 4.69) is 0 Å². The van der Waals surface area contributed by atoms with Gasteiger partial charge in [-0.25, -0.2) is 8.78 Å². The van der Waals surface area contributed by atoms with Gasteiger partial charge in [-0.3, -0.25) is 0 Å². The van der Waals surface area contributed by atoms with Gasteiger partial charge in [-0.1, -0.05) is 6.92 Å². The van der Waals surface area contributed by atoms with E-state index in [1.165, 1.54) is 17.0 Å². The van der Waals surface area contributed by atoms with Crippen molar-refractivity contribution in [2.24, 2.45) is 5.73 Å². The van der Waals surface area contributed by atoms with E-state index in [0.29, 0.717) is 12.0 Å². The summed E-state index contributed by atoms with van der Waals surface area (Å²) in [5, 5.41) is 0. The maximum atomic E-state index is 13.6. The molecular weight excluding hydrogens is 210 g/mol. The highest BCUT2D eigenvalue weighted by atomic mass is 19.1. The molecule has 0 aromatic heterocycles. The summed E-state index contributed by atoms with van der Waals surface area (Å²) in [6.45, 7) is 1.95. The number of rotatable bonds is 4. The average molecular weight is 228 g/mol. The summed E-state index contributed by atoms with van der Waals surface area (Å²) in [6, 6.07) is 2.66. The van der Waals surface area contributed by atoms with Crippen molar-refractivity contribution in [2.75, 3.05) is 19.0 Å². The molecular formula is C12H18F2N2. The van der Waals surface area contributed by atoms with Gasteiger partial charge in [-0.15, -0.1) is 0 Å². The fraction of sp³-hybridized carbons (Fsp3) is 0.500. The Bertz CT molecular complexity index is 341. The molecule has 0 radical (unpaired) electrons. The Morgan fingerprint density at radius 2 is 1.75 bits per heavy atom. The molecule has 1 rings (SSSR count). The zero-order valence-corrected chi connectivity index (χ0v) is 9.93. The van der Waals surface area contributed by atoms with Crippen LogP contribution in [0.25, 0.3) is 0 Å². The number of nitrogens with zero attached hydrogens (tertiary/aromatic N) is 1. The second-order valence-corrected chi connectivity index (χ2v) is 4.17. The van der Waals surface area contributed by atoms with E-state index < -0.39 is 11.6 Å². The molecule has 1 aromatic rings. The quantitative estimate of drug-likeness (QED) is 0.856. The number of anilines is 1. The van der Waals surface area contributed by atoms with Gasteiger partial charge < -0.3 is 10.6 Å². The standard InChI is InChI=1S/C12H18F2N2/c1-4-9(15)5-8-6-10(13)12(16(2)3)11(14)7-8/h6-7,9H,4-5,15H2,1-3H3. The Morgan fingerprint density at radius 1 is 1.25 bits per heavy atom. The lowest BCUT2D eigenvalue weighted by molar-refractivity contribution is 0.572. The van der Waals surface area contributed by atoms with Crippen LogP contribution in [-0.2, 0) is 6.42 Å². The van der Waals surface area contributed by atoms with Gasteiger partial charge in [-0.05, 0) is 30.5 Å². The van der Waals surface area contributed by atoms with Crippen LogP contribution in [0.4, 0.5) is 14.5 Å². The molecule has 4 heteroatoms. The lowest BCUT2D eigenvalue weighted by atomic mass is 10.0. The van der Waals surface area contributed by atoms with E-state index in [-0.39, 0.29) is 11.7 Å². The van der Waals surface area contributed by atoms with Gasteiger partial charge >= 0.3 is 0 Å². The molecule has 1 atom stereocenters. The molecule has 0 saturated heterocycles. The lowest BCUT2D eigenvalue weighted by Gasteiger charge is -2.16. The van der Waals surface area contributed by atoms with Crippen LogP contribution in [-0.4, -0.2) is 20.1 Å². The van der Waals surface area contributed by atoms with Crippen LogP contribution in [0.2, 0.25) is 0 Å². The summed E-state index contributed by atoms with van der Waals surface area (Å²) >= 11 is 0. The maximum Gasteiger partial charge on any atom is 0.149 e. The minimum Gasteiger partial charge on any atom is -0.373 e. The van der Waals surface area contributed by atoms with Crippen LogP contribution >= 0.6 is 0 Å². The number of hydrogen-bond donors (Lipinski definition) is 1. The zero-order valence-electron chi connectivity index (χ0n) is 9.93. The van der Waals surface area contributed by atoms with Crippen LogP contribution in [0.1, 0.15) is 18.9 Å². The van der Waals surface area contributed by atoms with E-state index in [4.69, 9.17) is 5.73 Å². The first-order valence-electron chi connectivity index (χ1n) is 5.36. The summed E-state index contributed by atoms with van der Waals surface area (Å²) in [5.74, 6) is -1.08. The van der Waals surface area contributed by atoms with E-state index in [1.807, 2.05) is 6.92 Å². The third-order valence-corrected chi connectivity index (χ3v) is 2.55. The van der Waals surface area contributed by atoms with Crippen molar-refractivity contribution in [2.45, 2.75) is 25.8 Å². The topological polar surface area (TPSA) is 29.3 Å². The van der Waals surface area contributed by atoms with Crippen molar-refractivity contribution < 1.29 is 8.78 Å². The SMILES string of the molecule is CCC(N)Cc1cc(F)c(N(C)C)c(F)c1. The third kappa shape index (κ3) is 2.92. The van der Waals surface area contributed by atoms with Crippen molar-refractivity contribution in [3.63, 3.8) is 0 Å². The Hall–Kier alpha value is -1.16. The molecule has 0 saturated carbocycles. The molecule has 0 aliphatic heterocycles. The molecule has 2 N–H and O–H groups in total. The molecule has 0 amide bonds. The summed E-state index contributed by atoms with van der Waals surface area (Å²) < 4.78 is 27.2. The van der Waals surface area contributed by atoms with Crippen molar-refractivity contribution in [3.8, 4) is 0 Å². The highest BCUT2D eigenvalue weighted by Crippen LogP contribution is 2.23. The highest BCUT2D eigenvalue weighted by molar-refractivity contribution is 5.49. The Kier molecular flexibility index (Phi) is 4.24. The molecule has 0 aliphatic carbocycles. The van der Waals surface area contributed by atoms with Gasteiger partial charge in [-0.2, -0.15) is 0 Å². The molecule has 1 unspecified atom stereocenters. The predicted molar refractivity (Wildman–Crippen MR) is 62.7 cm³/mol. The van der Waals surface area contributed by atoms with Gasteiger partial charge in [0.2, 0.25) is 0 Å². The molecule has 1 aromatic carbocycles. The Morgan fingerprint density at radius 3 is 2.12 bits per heavy atom. The van der Waals surface area contributed by atoms with Crippen molar-refractivity contribution in [3.05, 3.63) is 29.3 Å². The molecule has 0 aliphatic rings. The lowest BCUT2D eigenvalue weighted by Crippen LogP contribution is -2.22.